The van der Waals surface area contributed by atoms with Crippen LogP contribution in [-0.4, -0.2) is 26.8 Å². The van der Waals surface area contributed by atoms with E-state index in [1.807, 2.05) is 11.3 Å². The van der Waals surface area contributed by atoms with Crippen molar-refractivity contribution in [2.75, 3.05) is 26.8 Å². The van der Waals surface area contributed by atoms with Crippen molar-refractivity contribution in [2.45, 2.75) is 27.2 Å². The van der Waals surface area contributed by atoms with E-state index in [1.165, 1.54) is 8.66 Å². The van der Waals surface area contributed by atoms with Crippen LogP contribution < -0.4 is 5.32 Å². The van der Waals surface area contributed by atoms with E-state index in [-0.39, 0.29) is 0 Å². The first-order valence-corrected chi connectivity index (χ1v) is 7.98. The molecule has 1 unspecified atom stereocenters. The Bertz CT molecular complexity index is 346. The molecule has 2 nitrogen and oxygen atoms in total. The number of nitrogens with one attached hydrogen (secondary N) is 1. The summed E-state index contributed by atoms with van der Waals surface area (Å²) in [5, 5.41) is 3.49. The van der Waals surface area contributed by atoms with Crippen LogP contribution >= 0.6 is 27.3 Å². The van der Waals surface area contributed by atoms with Gasteiger partial charge in [-0.3, -0.25) is 0 Å². The Hall–Kier alpha value is 0.1000. The van der Waals surface area contributed by atoms with Crippen LogP contribution in [0.25, 0.3) is 0 Å². The first kappa shape index (κ1) is 16.2. The van der Waals surface area contributed by atoms with Crippen LogP contribution in [0.3, 0.4) is 0 Å². The van der Waals surface area contributed by atoms with Crippen molar-refractivity contribution in [3.05, 3.63) is 20.8 Å². The minimum Gasteiger partial charge on any atom is -0.383 e. The summed E-state index contributed by atoms with van der Waals surface area (Å²) in [6.45, 7) is 9.70. The van der Waals surface area contributed by atoms with Gasteiger partial charge in [-0.1, -0.05) is 20.8 Å². The Morgan fingerprint density at radius 1 is 1.39 bits per heavy atom. The van der Waals surface area contributed by atoms with E-state index in [0.29, 0.717) is 11.3 Å². The second-order valence-electron chi connectivity index (χ2n) is 5.67. The number of ether oxygens (including phenoxy) is 1. The molecule has 1 heterocycles. The topological polar surface area (TPSA) is 21.3 Å². The molecular weight excluding hydrogens is 310 g/mol. The lowest BCUT2D eigenvalue weighted by Gasteiger charge is -2.30. The molecule has 0 saturated heterocycles. The highest BCUT2D eigenvalue weighted by Gasteiger charge is 2.24. The summed E-state index contributed by atoms with van der Waals surface area (Å²) in [6, 6.07) is 4.36. The minimum absolute atomic E-state index is 0.316. The minimum atomic E-state index is 0.316. The van der Waals surface area contributed by atoms with Crippen molar-refractivity contribution in [1.29, 1.82) is 0 Å². The van der Waals surface area contributed by atoms with Gasteiger partial charge in [0.2, 0.25) is 0 Å². The van der Waals surface area contributed by atoms with Gasteiger partial charge in [-0.15, -0.1) is 11.3 Å². The highest BCUT2D eigenvalue weighted by atomic mass is 79.9. The smallest absolute Gasteiger partial charge is 0.0701 e. The fourth-order valence-corrected chi connectivity index (χ4v) is 3.40. The number of hydrogen-bond donors (Lipinski definition) is 1. The molecule has 0 radical (unpaired) electrons. The van der Waals surface area contributed by atoms with E-state index in [2.05, 4.69) is 54.2 Å². The van der Waals surface area contributed by atoms with Gasteiger partial charge in [0.25, 0.3) is 0 Å². The highest BCUT2D eigenvalue weighted by Crippen LogP contribution is 2.32. The summed E-state index contributed by atoms with van der Waals surface area (Å²) in [4.78, 5) is 1.45. The van der Waals surface area contributed by atoms with Crippen molar-refractivity contribution in [1.82, 2.24) is 5.32 Å². The molecule has 18 heavy (non-hydrogen) atoms. The normalized spacial score (nSPS) is 13.8. The predicted octanol–water partition coefficient (Wildman–Crippen LogP) is 3.95. The second kappa shape index (κ2) is 7.63. The summed E-state index contributed by atoms with van der Waals surface area (Å²) in [5.41, 5.74) is 0.316. The third-order valence-electron chi connectivity index (χ3n) is 3.17. The van der Waals surface area contributed by atoms with E-state index >= 15 is 0 Å². The Kier molecular flexibility index (Phi) is 6.85. The molecule has 1 aromatic rings. The highest BCUT2D eigenvalue weighted by molar-refractivity contribution is 9.11. The standard InChI is InChI=1S/C14H24BrNOS/c1-14(2,3)11(10-16-7-8-17-4)9-12-5-6-13(15)18-12/h5-6,11,16H,7-10H2,1-4H3. The van der Waals surface area contributed by atoms with E-state index in [0.717, 1.165) is 26.1 Å². The third-order valence-corrected chi connectivity index (χ3v) is 4.82. The molecule has 0 amide bonds. The first-order valence-electron chi connectivity index (χ1n) is 6.37. The Morgan fingerprint density at radius 3 is 2.61 bits per heavy atom. The molecule has 1 aromatic heterocycles. The third kappa shape index (κ3) is 5.83. The molecule has 4 heteroatoms. The summed E-state index contributed by atoms with van der Waals surface area (Å²) in [7, 11) is 1.74. The molecule has 0 spiro atoms. The van der Waals surface area contributed by atoms with Crippen LogP contribution in [0.4, 0.5) is 0 Å². The fourth-order valence-electron chi connectivity index (χ4n) is 1.84. The predicted molar refractivity (Wildman–Crippen MR) is 83.4 cm³/mol. The molecule has 0 aliphatic heterocycles. The Labute approximate surface area is 123 Å². The maximum absolute atomic E-state index is 5.06. The molecule has 0 aromatic carbocycles. The maximum Gasteiger partial charge on any atom is 0.0701 e. The van der Waals surface area contributed by atoms with Crippen molar-refractivity contribution in [3.8, 4) is 0 Å². The van der Waals surface area contributed by atoms with Gasteiger partial charge in [0.05, 0.1) is 10.4 Å². The van der Waals surface area contributed by atoms with Crippen LogP contribution in [0.15, 0.2) is 15.9 Å². The molecule has 1 N–H and O–H groups in total. The molecule has 0 bridgehead atoms. The summed E-state index contributed by atoms with van der Waals surface area (Å²) in [5.74, 6) is 0.639. The monoisotopic (exact) mass is 333 g/mol. The molecule has 0 aliphatic carbocycles. The molecule has 1 atom stereocenters. The van der Waals surface area contributed by atoms with Gasteiger partial charge in [0, 0.05) is 18.5 Å². The van der Waals surface area contributed by atoms with Crippen molar-refractivity contribution >= 4 is 27.3 Å². The number of rotatable bonds is 7. The molecule has 1 rings (SSSR count). The van der Waals surface area contributed by atoms with Crippen LogP contribution in [0.5, 0.6) is 0 Å². The zero-order chi connectivity index (χ0) is 13.6. The Balaban J connectivity index is 2.51. The van der Waals surface area contributed by atoms with Crippen molar-refractivity contribution in [2.24, 2.45) is 11.3 Å². The zero-order valence-electron chi connectivity index (χ0n) is 11.8. The summed E-state index contributed by atoms with van der Waals surface area (Å²) < 4.78 is 6.28. The fraction of sp³-hybridized carbons (Fsp3) is 0.714. The average molecular weight is 334 g/mol. The number of hydrogen-bond acceptors (Lipinski definition) is 3. The van der Waals surface area contributed by atoms with E-state index in [4.69, 9.17) is 4.74 Å². The van der Waals surface area contributed by atoms with Gasteiger partial charge in [-0.2, -0.15) is 0 Å². The van der Waals surface area contributed by atoms with Crippen molar-refractivity contribution < 1.29 is 4.74 Å². The largest absolute Gasteiger partial charge is 0.383 e. The SMILES string of the molecule is COCCNCC(Cc1ccc(Br)s1)C(C)(C)C. The van der Waals surface area contributed by atoms with Gasteiger partial charge in [0.15, 0.2) is 0 Å². The van der Waals surface area contributed by atoms with Gasteiger partial charge in [-0.25, -0.2) is 0 Å². The van der Waals surface area contributed by atoms with Crippen LogP contribution in [0, 0.1) is 11.3 Å². The first-order chi connectivity index (χ1) is 8.43. The van der Waals surface area contributed by atoms with Crippen LogP contribution in [0.2, 0.25) is 0 Å². The van der Waals surface area contributed by atoms with E-state index in [9.17, 15) is 0 Å². The maximum atomic E-state index is 5.06. The molecule has 0 aliphatic rings. The van der Waals surface area contributed by atoms with Gasteiger partial charge >= 0.3 is 0 Å². The molecular formula is C14H24BrNOS. The van der Waals surface area contributed by atoms with Gasteiger partial charge < -0.3 is 10.1 Å². The lowest BCUT2D eigenvalue weighted by Crippen LogP contribution is -2.34. The Morgan fingerprint density at radius 2 is 2.11 bits per heavy atom. The average Bonchev–Trinajstić information content (AvgIpc) is 2.67. The van der Waals surface area contributed by atoms with E-state index in [1.54, 1.807) is 7.11 Å². The zero-order valence-corrected chi connectivity index (χ0v) is 14.2. The van der Waals surface area contributed by atoms with Crippen LogP contribution in [-0.2, 0) is 11.2 Å². The van der Waals surface area contributed by atoms with Crippen LogP contribution in [0.1, 0.15) is 25.6 Å². The van der Waals surface area contributed by atoms with E-state index < -0.39 is 0 Å². The van der Waals surface area contributed by atoms with Gasteiger partial charge in [0.1, 0.15) is 0 Å². The molecule has 0 saturated carbocycles. The summed E-state index contributed by atoms with van der Waals surface area (Å²) in [6.07, 6.45) is 1.14. The van der Waals surface area contributed by atoms with Crippen molar-refractivity contribution in [3.63, 3.8) is 0 Å². The number of thiophene rings is 1. The number of halogens is 1. The lowest BCUT2D eigenvalue weighted by atomic mass is 9.78. The molecule has 0 fully saturated rings. The number of methoxy groups -OCH3 is 1. The quantitative estimate of drug-likeness (QED) is 0.763. The molecule has 104 valence electrons. The summed E-state index contributed by atoms with van der Waals surface area (Å²) >= 11 is 5.37. The van der Waals surface area contributed by atoms with Gasteiger partial charge in [-0.05, 0) is 52.4 Å². The lowest BCUT2D eigenvalue weighted by molar-refractivity contribution is 0.186. The second-order valence-corrected chi connectivity index (χ2v) is 8.22.